The van der Waals surface area contributed by atoms with E-state index in [4.69, 9.17) is 4.74 Å². The van der Waals surface area contributed by atoms with Gasteiger partial charge in [0.1, 0.15) is 11.5 Å². The lowest BCUT2D eigenvalue weighted by atomic mass is 9.83. The number of hydrogen-bond donors (Lipinski definition) is 3. The minimum atomic E-state index is -0.289. The maximum absolute atomic E-state index is 12.5. The monoisotopic (exact) mass is 458 g/mol. The number of nitrogens with zero attached hydrogens (tertiary/aromatic N) is 1. The number of benzene rings is 3. The molecule has 0 aliphatic heterocycles. The first-order valence-electron chi connectivity index (χ1n) is 11.4. The number of rotatable bonds is 8. The molecule has 0 saturated heterocycles. The Labute approximate surface area is 200 Å². The summed E-state index contributed by atoms with van der Waals surface area (Å²) >= 11 is 0. The Hall–Kier alpha value is -3.84. The number of carbonyl (C=O) groups excluding carboxylic acids is 2. The van der Waals surface area contributed by atoms with E-state index in [9.17, 15) is 9.59 Å². The largest absolute Gasteiger partial charge is 0.457 e. The van der Waals surface area contributed by atoms with E-state index in [-0.39, 0.29) is 6.03 Å². The Morgan fingerprint density at radius 2 is 1.71 bits per heavy atom. The van der Waals surface area contributed by atoms with Gasteiger partial charge in [-0.05, 0) is 98.9 Å². The highest BCUT2D eigenvalue weighted by molar-refractivity contribution is 5.99. The van der Waals surface area contributed by atoms with E-state index in [2.05, 4.69) is 47.1 Å². The first kappa shape index (κ1) is 23.3. The molecule has 0 saturated carbocycles. The molecule has 3 N–H and O–H groups in total. The molecule has 1 unspecified atom stereocenters. The average Bonchev–Trinajstić information content (AvgIpc) is 2.80. The molecule has 7 nitrogen and oxygen atoms in total. The van der Waals surface area contributed by atoms with Gasteiger partial charge >= 0.3 is 6.03 Å². The molecule has 34 heavy (non-hydrogen) atoms. The maximum atomic E-state index is 12.5. The van der Waals surface area contributed by atoms with Crippen LogP contribution in [-0.4, -0.2) is 38.0 Å². The van der Waals surface area contributed by atoms with Crippen molar-refractivity contribution >= 4 is 29.5 Å². The van der Waals surface area contributed by atoms with Crippen molar-refractivity contribution in [3.05, 3.63) is 77.9 Å². The molecule has 0 aromatic heterocycles. The number of aryl methyl sites for hydroxylation is 1. The van der Waals surface area contributed by atoms with Gasteiger partial charge in [-0.15, -0.1) is 0 Å². The predicted octanol–water partition coefficient (Wildman–Crippen LogP) is 5.36. The highest BCUT2D eigenvalue weighted by Gasteiger charge is 2.19. The van der Waals surface area contributed by atoms with E-state index in [1.165, 1.54) is 17.5 Å². The van der Waals surface area contributed by atoms with Crippen molar-refractivity contribution in [2.24, 2.45) is 5.92 Å². The molecule has 0 fully saturated rings. The van der Waals surface area contributed by atoms with Crippen molar-refractivity contribution in [3.63, 3.8) is 0 Å². The molecule has 3 aromatic carbocycles. The number of nitrogens with one attached hydrogen (secondary N) is 3. The van der Waals surface area contributed by atoms with E-state index in [0.717, 1.165) is 25.1 Å². The topological polar surface area (TPSA) is 82.7 Å². The van der Waals surface area contributed by atoms with Crippen molar-refractivity contribution in [2.75, 3.05) is 36.6 Å². The van der Waals surface area contributed by atoms with Gasteiger partial charge in [0.2, 0.25) is 6.41 Å². The predicted molar refractivity (Wildman–Crippen MR) is 136 cm³/mol. The van der Waals surface area contributed by atoms with Gasteiger partial charge in [-0.25, -0.2) is 4.79 Å². The summed E-state index contributed by atoms with van der Waals surface area (Å²) in [6.07, 6.45) is 3.93. The van der Waals surface area contributed by atoms with E-state index in [1.807, 2.05) is 6.07 Å². The second-order valence-electron chi connectivity index (χ2n) is 8.85. The Bertz CT molecular complexity index is 1140. The van der Waals surface area contributed by atoms with Crippen LogP contribution in [0.3, 0.4) is 0 Å². The quantitative estimate of drug-likeness (QED) is 0.397. The lowest BCUT2D eigenvalue weighted by Crippen LogP contribution is -2.26. The number of anilines is 3. The summed E-state index contributed by atoms with van der Waals surface area (Å²) in [6.45, 7) is 1.11. The molecule has 7 heteroatoms. The van der Waals surface area contributed by atoms with Crippen molar-refractivity contribution in [1.82, 2.24) is 4.90 Å². The van der Waals surface area contributed by atoms with Gasteiger partial charge in [0.05, 0.1) is 0 Å². The van der Waals surface area contributed by atoms with E-state index in [0.29, 0.717) is 35.2 Å². The number of urea groups is 1. The van der Waals surface area contributed by atoms with Crippen molar-refractivity contribution in [1.29, 1.82) is 0 Å². The second-order valence-corrected chi connectivity index (χ2v) is 8.85. The van der Waals surface area contributed by atoms with Crippen LogP contribution in [0.4, 0.5) is 21.9 Å². The number of hydrogen-bond acceptors (Lipinski definition) is 4. The first-order chi connectivity index (χ1) is 16.5. The fourth-order valence-corrected chi connectivity index (χ4v) is 4.33. The van der Waals surface area contributed by atoms with Crippen LogP contribution in [0.2, 0.25) is 0 Å². The third-order valence-corrected chi connectivity index (χ3v) is 5.83. The Morgan fingerprint density at radius 3 is 2.47 bits per heavy atom. The lowest BCUT2D eigenvalue weighted by molar-refractivity contribution is -0.105. The Morgan fingerprint density at radius 1 is 0.941 bits per heavy atom. The summed E-state index contributed by atoms with van der Waals surface area (Å²) in [4.78, 5) is 25.4. The molecule has 1 aliphatic rings. The van der Waals surface area contributed by atoms with E-state index >= 15 is 0 Å². The van der Waals surface area contributed by atoms with Gasteiger partial charge in [-0.2, -0.15) is 0 Å². The van der Waals surface area contributed by atoms with E-state index in [1.54, 1.807) is 48.5 Å². The fraction of sp³-hybridized carbons (Fsp3) is 0.259. The highest BCUT2D eigenvalue weighted by Crippen LogP contribution is 2.29. The number of ether oxygens (including phenoxy) is 1. The molecular formula is C27H30N4O3. The number of amides is 3. The normalized spacial score (nSPS) is 14.7. The SMILES string of the molecule is CN(C)CC1CCc2cc(NC(=O)Nc3ccc(Oc4cccc(NC=O)c4)cc3)ccc2C1. The van der Waals surface area contributed by atoms with Crippen molar-refractivity contribution < 1.29 is 14.3 Å². The molecule has 3 amide bonds. The summed E-state index contributed by atoms with van der Waals surface area (Å²) in [5, 5.41) is 8.38. The van der Waals surface area contributed by atoms with Crippen LogP contribution in [0, 0.1) is 5.92 Å². The summed E-state index contributed by atoms with van der Waals surface area (Å²) in [5.74, 6) is 1.91. The standard InChI is InChI=1S/C27H30N4O3/c1-31(2)17-19-6-7-21-15-24(9-8-20(21)14-19)30-27(33)29-22-10-12-25(13-11-22)34-26-5-3-4-23(16-26)28-18-32/h3-5,8-13,15-16,18-19H,6-7,14,17H2,1-2H3,(H,28,32)(H2,29,30,33). The molecule has 0 radical (unpaired) electrons. The molecule has 1 atom stereocenters. The van der Waals surface area contributed by atoms with E-state index < -0.39 is 0 Å². The maximum Gasteiger partial charge on any atom is 0.323 e. The van der Waals surface area contributed by atoms with Crippen molar-refractivity contribution in [2.45, 2.75) is 19.3 Å². The molecule has 3 aromatic rings. The molecule has 4 rings (SSSR count). The molecule has 0 heterocycles. The molecule has 176 valence electrons. The minimum absolute atomic E-state index is 0.289. The van der Waals surface area contributed by atoms with Crippen LogP contribution >= 0.6 is 0 Å². The van der Waals surface area contributed by atoms with Crippen molar-refractivity contribution in [3.8, 4) is 11.5 Å². The number of fused-ring (bicyclic) bond motifs is 1. The highest BCUT2D eigenvalue weighted by atomic mass is 16.5. The first-order valence-corrected chi connectivity index (χ1v) is 11.4. The summed E-state index contributed by atoms with van der Waals surface area (Å²) in [5.41, 5.74) is 4.81. The zero-order valence-corrected chi connectivity index (χ0v) is 19.5. The molecule has 1 aliphatic carbocycles. The van der Waals surface area contributed by atoms with Gasteiger partial charge in [0, 0.05) is 29.7 Å². The summed E-state index contributed by atoms with van der Waals surface area (Å²) in [7, 11) is 4.24. The zero-order valence-electron chi connectivity index (χ0n) is 19.5. The van der Waals surface area contributed by atoms with Gasteiger partial charge in [0.25, 0.3) is 0 Å². The van der Waals surface area contributed by atoms with Crippen LogP contribution < -0.4 is 20.7 Å². The third-order valence-electron chi connectivity index (χ3n) is 5.83. The fourth-order valence-electron chi connectivity index (χ4n) is 4.33. The smallest absolute Gasteiger partial charge is 0.323 e. The Balaban J connectivity index is 1.31. The molecular weight excluding hydrogens is 428 g/mol. The zero-order chi connectivity index (χ0) is 23.9. The summed E-state index contributed by atoms with van der Waals surface area (Å²) < 4.78 is 5.82. The second kappa shape index (κ2) is 10.9. The van der Waals surface area contributed by atoms with Crippen LogP contribution in [0.15, 0.2) is 66.7 Å². The average molecular weight is 459 g/mol. The third kappa shape index (κ3) is 6.36. The van der Waals surface area contributed by atoms with Crippen LogP contribution in [-0.2, 0) is 17.6 Å². The lowest BCUT2D eigenvalue weighted by Gasteiger charge is -2.27. The van der Waals surface area contributed by atoms with Gasteiger partial charge in [0.15, 0.2) is 0 Å². The van der Waals surface area contributed by atoms with Gasteiger partial charge < -0.3 is 25.6 Å². The van der Waals surface area contributed by atoms with Crippen LogP contribution in [0.1, 0.15) is 17.5 Å². The molecule has 0 spiro atoms. The Kier molecular flexibility index (Phi) is 7.44. The molecule has 0 bridgehead atoms. The van der Waals surface area contributed by atoms with Gasteiger partial charge in [-0.1, -0.05) is 12.1 Å². The minimum Gasteiger partial charge on any atom is -0.457 e. The van der Waals surface area contributed by atoms with Crippen LogP contribution in [0.25, 0.3) is 0 Å². The van der Waals surface area contributed by atoms with Crippen LogP contribution in [0.5, 0.6) is 11.5 Å². The van der Waals surface area contributed by atoms with Gasteiger partial charge in [-0.3, -0.25) is 4.79 Å². The summed E-state index contributed by atoms with van der Waals surface area (Å²) in [6, 6.07) is 20.1. The number of carbonyl (C=O) groups is 2.